The average molecular weight is 386 g/mol. The van der Waals surface area contributed by atoms with Gasteiger partial charge in [0.2, 0.25) is 15.7 Å². The van der Waals surface area contributed by atoms with Crippen molar-refractivity contribution in [3.05, 3.63) is 47.9 Å². The van der Waals surface area contributed by atoms with Crippen LogP contribution in [0.2, 0.25) is 0 Å². The molecule has 0 amide bonds. The third-order valence-corrected chi connectivity index (χ3v) is 6.13. The van der Waals surface area contributed by atoms with E-state index in [1.54, 1.807) is 12.1 Å². The molecule has 0 spiro atoms. The highest BCUT2D eigenvalue weighted by Gasteiger charge is 2.32. The Balaban J connectivity index is 1.80. The number of Topliss-reactive ketones (excluding diaryl/α,β-unsaturated/α-hetero) is 1. The zero-order valence-corrected chi connectivity index (χ0v) is 15.5. The number of ether oxygens (including phenoxy) is 1. The number of nitriles is 1. The first-order chi connectivity index (χ1) is 12.9. The lowest BCUT2D eigenvalue weighted by molar-refractivity contribution is 0.101. The van der Waals surface area contributed by atoms with Crippen molar-refractivity contribution >= 4 is 15.8 Å². The van der Waals surface area contributed by atoms with E-state index in [0.29, 0.717) is 24.9 Å². The number of nitrogens with zero attached hydrogens (tertiary/aromatic N) is 4. The van der Waals surface area contributed by atoms with E-state index >= 15 is 0 Å². The van der Waals surface area contributed by atoms with Gasteiger partial charge in [0, 0.05) is 24.5 Å². The molecule has 27 heavy (non-hydrogen) atoms. The molecule has 3 rings (SSSR count). The van der Waals surface area contributed by atoms with Gasteiger partial charge in [0.05, 0.1) is 11.4 Å². The van der Waals surface area contributed by atoms with E-state index in [2.05, 4.69) is 9.97 Å². The summed E-state index contributed by atoms with van der Waals surface area (Å²) in [4.78, 5) is 19.5. The smallest absolute Gasteiger partial charge is 0.251 e. The van der Waals surface area contributed by atoms with E-state index in [9.17, 15) is 13.2 Å². The summed E-state index contributed by atoms with van der Waals surface area (Å²) in [6, 6.07) is 7.91. The van der Waals surface area contributed by atoms with Crippen molar-refractivity contribution in [2.24, 2.45) is 0 Å². The Morgan fingerprint density at radius 1 is 1.33 bits per heavy atom. The van der Waals surface area contributed by atoms with Gasteiger partial charge in [0.15, 0.2) is 5.78 Å². The largest absolute Gasteiger partial charge is 0.471 e. The fraction of sp³-hybridized carbons (Fsp3) is 0.333. The molecule has 1 aromatic carbocycles. The van der Waals surface area contributed by atoms with Gasteiger partial charge < -0.3 is 4.74 Å². The molecule has 1 aromatic heterocycles. The highest BCUT2D eigenvalue weighted by atomic mass is 32.2. The minimum atomic E-state index is -3.76. The fourth-order valence-corrected chi connectivity index (χ4v) is 4.45. The summed E-state index contributed by atoms with van der Waals surface area (Å²) in [5, 5.41) is 9.08. The monoisotopic (exact) mass is 386 g/mol. The number of hydrogen-bond acceptors (Lipinski definition) is 7. The molecular formula is C18H18N4O4S. The van der Waals surface area contributed by atoms with E-state index in [0.717, 1.165) is 0 Å². The van der Waals surface area contributed by atoms with Crippen molar-refractivity contribution in [2.75, 3.05) is 13.1 Å². The van der Waals surface area contributed by atoms with E-state index < -0.39 is 16.1 Å². The van der Waals surface area contributed by atoms with Crippen LogP contribution in [0, 0.1) is 11.3 Å². The SMILES string of the molecule is CC(=O)c1cccc(S(=O)(=O)N2CCCC(Oc3nccnc3C#N)C2)c1. The van der Waals surface area contributed by atoms with Crippen molar-refractivity contribution < 1.29 is 17.9 Å². The van der Waals surface area contributed by atoms with Crippen LogP contribution in [0.25, 0.3) is 0 Å². The van der Waals surface area contributed by atoms with Gasteiger partial charge in [-0.2, -0.15) is 9.57 Å². The Hall–Kier alpha value is -2.83. The van der Waals surface area contributed by atoms with Crippen molar-refractivity contribution in [1.29, 1.82) is 5.26 Å². The number of piperidine rings is 1. The first kappa shape index (κ1) is 18.9. The molecular weight excluding hydrogens is 368 g/mol. The van der Waals surface area contributed by atoms with Gasteiger partial charge in [-0.15, -0.1) is 0 Å². The summed E-state index contributed by atoms with van der Waals surface area (Å²) in [5.41, 5.74) is 0.408. The molecule has 0 radical (unpaired) electrons. The van der Waals surface area contributed by atoms with Crippen LogP contribution < -0.4 is 4.74 Å². The van der Waals surface area contributed by atoms with Gasteiger partial charge in [-0.05, 0) is 31.9 Å². The van der Waals surface area contributed by atoms with Gasteiger partial charge in [0.1, 0.15) is 12.2 Å². The predicted molar refractivity (Wildman–Crippen MR) is 95.6 cm³/mol. The van der Waals surface area contributed by atoms with Crippen molar-refractivity contribution in [2.45, 2.75) is 30.8 Å². The van der Waals surface area contributed by atoms with Crippen LogP contribution in [0.5, 0.6) is 5.88 Å². The molecule has 1 atom stereocenters. The normalized spacial score (nSPS) is 17.9. The highest BCUT2D eigenvalue weighted by Crippen LogP contribution is 2.24. The maximum absolute atomic E-state index is 13.0. The van der Waals surface area contributed by atoms with E-state index in [1.807, 2.05) is 6.07 Å². The number of hydrogen-bond donors (Lipinski definition) is 0. The molecule has 0 saturated carbocycles. The molecule has 0 aliphatic carbocycles. The maximum atomic E-state index is 13.0. The van der Waals surface area contributed by atoms with Crippen LogP contribution in [0.15, 0.2) is 41.6 Å². The zero-order chi connectivity index (χ0) is 19.4. The molecule has 8 nitrogen and oxygen atoms in total. The lowest BCUT2D eigenvalue weighted by Crippen LogP contribution is -2.44. The van der Waals surface area contributed by atoms with Gasteiger partial charge in [-0.1, -0.05) is 12.1 Å². The molecule has 9 heteroatoms. The Kier molecular flexibility index (Phi) is 5.48. The van der Waals surface area contributed by atoms with Crippen LogP contribution >= 0.6 is 0 Å². The Morgan fingerprint density at radius 3 is 2.85 bits per heavy atom. The molecule has 1 saturated heterocycles. The van der Waals surface area contributed by atoms with Crippen molar-refractivity contribution in [1.82, 2.24) is 14.3 Å². The molecule has 1 unspecified atom stereocenters. The predicted octanol–water partition coefficient (Wildman–Crippen LogP) is 1.78. The number of ketones is 1. The zero-order valence-electron chi connectivity index (χ0n) is 14.7. The Labute approximate surface area is 157 Å². The average Bonchev–Trinajstić information content (AvgIpc) is 2.68. The number of carbonyl (C=O) groups is 1. The third kappa shape index (κ3) is 4.13. The standard InChI is InChI=1S/C18H18N4O4S/c1-13(23)14-4-2-6-16(10-14)27(24,25)22-9-3-5-15(12-22)26-18-17(11-19)20-7-8-21-18/h2,4,6-8,10,15H,3,5,9,12H2,1H3. The van der Waals surface area contributed by atoms with Gasteiger partial charge in [-0.25, -0.2) is 18.4 Å². The molecule has 2 aromatic rings. The van der Waals surface area contributed by atoms with Gasteiger partial charge in [-0.3, -0.25) is 4.79 Å². The number of carbonyl (C=O) groups excluding carboxylic acids is 1. The van der Waals surface area contributed by atoms with Crippen LogP contribution in [0.4, 0.5) is 0 Å². The molecule has 0 bridgehead atoms. The third-order valence-electron chi connectivity index (χ3n) is 4.27. The molecule has 2 heterocycles. The molecule has 1 fully saturated rings. The lowest BCUT2D eigenvalue weighted by atomic mass is 10.1. The van der Waals surface area contributed by atoms with Crippen LogP contribution in [0.3, 0.4) is 0 Å². The van der Waals surface area contributed by atoms with Gasteiger partial charge in [0.25, 0.3) is 5.88 Å². The lowest BCUT2D eigenvalue weighted by Gasteiger charge is -2.31. The maximum Gasteiger partial charge on any atom is 0.251 e. The topological polar surface area (TPSA) is 113 Å². The summed E-state index contributed by atoms with van der Waals surface area (Å²) in [7, 11) is -3.76. The van der Waals surface area contributed by atoms with E-state index in [1.165, 1.54) is 35.8 Å². The second kappa shape index (κ2) is 7.82. The van der Waals surface area contributed by atoms with Gasteiger partial charge >= 0.3 is 0 Å². The minimum absolute atomic E-state index is 0.0617. The number of sulfonamides is 1. The van der Waals surface area contributed by atoms with Crippen LogP contribution in [0.1, 0.15) is 35.8 Å². The number of benzene rings is 1. The number of aromatic nitrogens is 2. The van der Waals surface area contributed by atoms with Crippen molar-refractivity contribution in [3.8, 4) is 11.9 Å². The summed E-state index contributed by atoms with van der Waals surface area (Å²) < 4.78 is 33.0. The summed E-state index contributed by atoms with van der Waals surface area (Å²) in [6.45, 7) is 1.89. The summed E-state index contributed by atoms with van der Waals surface area (Å²) >= 11 is 0. The first-order valence-corrected chi connectivity index (χ1v) is 9.84. The molecule has 0 N–H and O–H groups in total. The first-order valence-electron chi connectivity index (χ1n) is 8.40. The highest BCUT2D eigenvalue weighted by molar-refractivity contribution is 7.89. The van der Waals surface area contributed by atoms with Crippen LogP contribution in [-0.4, -0.2) is 47.7 Å². The number of rotatable bonds is 5. The molecule has 1 aliphatic heterocycles. The second-order valence-corrected chi connectivity index (χ2v) is 8.09. The van der Waals surface area contributed by atoms with Crippen molar-refractivity contribution in [3.63, 3.8) is 0 Å². The Morgan fingerprint density at radius 2 is 2.11 bits per heavy atom. The molecule has 1 aliphatic rings. The van der Waals surface area contributed by atoms with E-state index in [-0.39, 0.29) is 28.8 Å². The van der Waals surface area contributed by atoms with Crippen LogP contribution in [-0.2, 0) is 10.0 Å². The fourth-order valence-electron chi connectivity index (χ4n) is 2.89. The Bertz CT molecular complexity index is 1000. The summed E-state index contributed by atoms with van der Waals surface area (Å²) in [6.07, 6.45) is 3.62. The molecule has 140 valence electrons. The van der Waals surface area contributed by atoms with E-state index in [4.69, 9.17) is 10.00 Å². The quantitative estimate of drug-likeness (QED) is 0.720. The second-order valence-electron chi connectivity index (χ2n) is 6.15. The summed E-state index contributed by atoms with van der Waals surface area (Å²) in [5.74, 6) is -0.0959. The minimum Gasteiger partial charge on any atom is -0.471 e.